The number of hydrogen-bond donors (Lipinski definition) is 1. The molecule has 1 N–H and O–H groups in total. The summed E-state index contributed by atoms with van der Waals surface area (Å²) in [4.78, 5) is 19.6. The Morgan fingerprint density at radius 2 is 2.06 bits per heavy atom. The zero-order valence-corrected chi connectivity index (χ0v) is 12.8. The van der Waals surface area contributed by atoms with Crippen molar-refractivity contribution < 1.29 is 9.90 Å². The lowest BCUT2D eigenvalue weighted by molar-refractivity contribution is 0.0690. The summed E-state index contributed by atoms with van der Waals surface area (Å²) in [6.45, 7) is 0. The van der Waals surface area contributed by atoms with E-state index in [1.807, 2.05) is 6.07 Å². The molecule has 4 nitrogen and oxygen atoms in total. The van der Waals surface area contributed by atoms with Crippen molar-refractivity contribution in [2.24, 2.45) is 0 Å². The van der Waals surface area contributed by atoms with Crippen molar-refractivity contribution in [1.29, 1.82) is 0 Å². The van der Waals surface area contributed by atoms with E-state index in [-0.39, 0.29) is 5.69 Å². The van der Waals surface area contributed by atoms with Crippen LogP contribution < -0.4 is 0 Å². The highest BCUT2D eigenvalue weighted by atomic mass is 79.9. The molecule has 0 unspecified atom stereocenters. The molecule has 0 aliphatic rings. The first-order valence-corrected chi connectivity index (χ1v) is 7.15. The number of halogens is 2. The summed E-state index contributed by atoms with van der Waals surface area (Å²) in [5.74, 6) is -1.04. The van der Waals surface area contributed by atoms with Gasteiger partial charge in [-0.25, -0.2) is 14.8 Å². The Bertz CT molecular complexity index is 607. The molecule has 0 aliphatic carbocycles. The molecule has 2 heterocycles. The first-order chi connectivity index (χ1) is 8.56. The maximum Gasteiger partial charge on any atom is 0.354 e. The van der Waals surface area contributed by atoms with Crippen LogP contribution in [0.3, 0.4) is 0 Å². The van der Waals surface area contributed by atoms with E-state index in [0.717, 1.165) is 18.9 Å². The van der Waals surface area contributed by atoms with Gasteiger partial charge in [-0.2, -0.15) is 0 Å². The number of carboxylic acid groups (broad SMARTS) is 1. The van der Waals surface area contributed by atoms with E-state index < -0.39 is 5.97 Å². The van der Waals surface area contributed by atoms with Crippen LogP contribution in [-0.4, -0.2) is 21.0 Å². The van der Waals surface area contributed by atoms with Crippen molar-refractivity contribution in [3.05, 3.63) is 45.2 Å². The Morgan fingerprint density at radius 3 is 2.72 bits per heavy atom. The zero-order chi connectivity index (χ0) is 13.1. The van der Waals surface area contributed by atoms with E-state index in [0.29, 0.717) is 0 Å². The van der Waals surface area contributed by atoms with Crippen LogP contribution in [0.2, 0.25) is 0 Å². The molecule has 0 aliphatic heterocycles. The van der Waals surface area contributed by atoms with Gasteiger partial charge in [-0.1, -0.05) is 11.8 Å². The van der Waals surface area contributed by atoms with Gasteiger partial charge in [-0.15, -0.1) is 0 Å². The molecule has 0 radical (unpaired) electrons. The number of nitrogens with zero attached hydrogens (tertiary/aromatic N) is 2. The minimum Gasteiger partial charge on any atom is -0.477 e. The third kappa shape index (κ3) is 3.30. The SMILES string of the molecule is O=C(O)c1cc(Sc2ncc(Br)cc2Br)ccn1. The van der Waals surface area contributed by atoms with Gasteiger partial charge in [0.2, 0.25) is 0 Å². The highest BCUT2D eigenvalue weighted by Gasteiger charge is 2.08. The fraction of sp³-hybridized carbons (Fsp3) is 0. The number of rotatable bonds is 3. The Kier molecular flexibility index (Phi) is 4.36. The highest BCUT2D eigenvalue weighted by molar-refractivity contribution is 9.11. The van der Waals surface area contributed by atoms with E-state index >= 15 is 0 Å². The van der Waals surface area contributed by atoms with Crippen LogP contribution >= 0.6 is 43.6 Å². The second-order valence-electron chi connectivity index (χ2n) is 3.22. The van der Waals surface area contributed by atoms with Crippen molar-refractivity contribution in [1.82, 2.24) is 9.97 Å². The molecular formula is C11H6Br2N2O2S. The van der Waals surface area contributed by atoms with Crippen molar-refractivity contribution in [2.45, 2.75) is 9.92 Å². The van der Waals surface area contributed by atoms with Crippen LogP contribution in [0, 0.1) is 0 Å². The molecule has 0 saturated carbocycles. The predicted octanol–water partition coefficient (Wildman–Crippen LogP) is 3.85. The van der Waals surface area contributed by atoms with Crippen molar-refractivity contribution in [2.75, 3.05) is 0 Å². The first kappa shape index (κ1) is 13.5. The summed E-state index contributed by atoms with van der Waals surface area (Å²) in [7, 11) is 0. The molecule has 7 heteroatoms. The van der Waals surface area contributed by atoms with Crippen LogP contribution in [0.4, 0.5) is 0 Å². The zero-order valence-electron chi connectivity index (χ0n) is 8.80. The average Bonchev–Trinajstić information content (AvgIpc) is 2.33. The molecule has 0 bridgehead atoms. The van der Waals surface area contributed by atoms with Gasteiger partial charge in [0, 0.05) is 21.8 Å². The van der Waals surface area contributed by atoms with Crippen LogP contribution in [0.5, 0.6) is 0 Å². The lowest BCUT2D eigenvalue weighted by Gasteiger charge is -2.04. The molecule has 0 amide bonds. The van der Waals surface area contributed by atoms with Crippen molar-refractivity contribution in [3.8, 4) is 0 Å². The van der Waals surface area contributed by atoms with Crippen LogP contribution in [0.25, 0.3) is 0 Å². The van der Waals surface area contributed by atoms with Gasteiger partial charge in [0.1, 0.15) is 10.7 Å². The van der Waals surface area contributed by atoms with Gasteiger partial charge < -0.3 is 5.11 Å². The van der Waals surface area contributed by atoms with E-state index in [4.69, 9.17) is 5.11 Å². The van der Waals surface area contributed by atoms with Crippen molar-refractivity contribution in [3.63, 3.8) is 0 Å². The molecular weight excluding hydrogens is 384 g/mol. The van der Waals surface area contributed by atoms with Gasteiger partial charge in [0.15, 0.2) is 0 Å². The second kappa shape index (κ2) is 5.81. The Morgan fingerprint density at radius 1 is 1.28 bits per heavy atom. The molecule has 2 rings (SSSR count). The standard InChI is InChI=1S/C11H6Br2N2O2S/c12-6-3-8(13)10(15-5-6)18-7-1-2-14-9(4-7)11(16)17/h1-5H,(H,16,17). The first-order valence-electron chi connectivity index (χ1n) is 4.74. The third-order valence-electron chi connectivity index (χ3n) is 1.94. The summed E-state index contributed by atoms with van der Waals surface area (Å²) in [6.07, 6.45) is 3.16. The van der Waals surface area contributed by atoms with Gasteiger partial charge >= 0.3 is 5.97 Å². The van der Waals surface area contributed by atoms with Gasteiger partial charge in [0.05, 0.1) is 4.47 Å². The van der Waals surface area contributed by atoms with Gasteiger partial charge in [-0.05, 0) is 50.1 Å². The number of hydrogen-bond acceptors (Lipinski definition) is 4. The van der Waals surface area contributed by atoms with Crippen LogP contribution in [-0.2, 0) is 0 Å². The lowest BCUT2D eigenvalue weighted by Crippen LogP contribution is -1.99. The number of pyridine rings is 2. The minimum atomic E-state index is -1.04. The van der Waals surface area contributed by atoms with Crippen LogP contribution in [0.1, 0.15) is 10.5 Å². The Labute approximate surface area is 124 Å². The van der Waals surface area contributed by atoms with E-state index in [2.05, 4.69) is 41.8 Å². The van der Waals surface area contributed by atoms with Crippen LogP contribution in [0.15, 0.2) is 49.5 Å². The second-order valence-corrected chi connectivity index (χ2v) is 6.06. The normalized spacial score (nSPS) is 10.3. The summed E-state index contributed by atoms with van der Waals surface area (Å²) < 4.78 is 1.72. The lowest BCUT2D eigenvalue weighted by atomic mass is 10.3. The summed E-state index contributed by atoms with van der Waals surface area (Å²) in [5.41, 5.74) is 0.0215. The highest BCUT2D eigenvalue weighted by Crippen LogP contribution is 2.33. The molecule has 0 atom stereocenters. The number of aromatic nitrogens is 2. The minimum absolute atomic E-state index is 0.0215. The van der Waals surface area contributed by atoms with Gasteiger partial charge in [-0.3, -0.25) is 0 Å². The summed E-state index contributed by atoms with van der Waals surface area (Å²) >= 11 is 8.10. The molecule has 2 aromatic heterocycles. The number of aromatic carboxylic acids is 1. The molecule has 18 heavy (non-hydrogen) atoms. The predicted molar refractivity (Wildman–Crippen MR) is 75.0 cm³/mol. The smallest absolute Gasteiger partial charge is 0.354 e. The largest absolute Gasteiger partial charge is 0.477 e. The number of carbonyl (C=O) groups is 1. The Balaban J connectivity index is 2.28. The molecule has 2 aromatic rings. The van der Waals surface area contributed by atoms with E-state index in [9.17, 15) is 4.79 Å². The molecule has 0 spiro atoms. The van der Waals surface area contributed by atoms with E-state index in [1.165, 1.54) is 24.0 Å². The summed E-state index contributed by atoms with van der Waals surface area (Å²) in [6, 6.07) is 5.14. The topological polar surface area (TPSA) is 63.1 Å². The monoisotopic (exact) mass is 388 g/mol. The fourth-order valence-corrected chi connectivity index (χ4v) is 3.20. The summed E-state index contributed by atoms with van der Waals surface area (Å²) in [5, 5.41) is 9.63. The van der Waals surface area contributed by atoms with Gasteiger partial charge in [0.25, 0.3) is 0 Å². The maximum absolute atomic E-state index is 10.8. The van der Waals surface area contributed by atoms with E-state index in [1.54, 1.807) is 12.3 Å². The number of carboxylic acids is 1. The average molecular weight is 390 g/mol. The third-order valence-corrected chi connectivity index (χ3v) is 4.25. The maximum atomic E-state index is 10.8. The van der Waals surface area contributed by atoms with Crippen molar-refractivity contribution >= 4 is 49.6 Å². The molecule has 92 valence electrons. The fourth-order valence-electron chi connectivity index (χ4n) is 1.18. The molecule has 0 saturated heterocycles. The molecule has 0 fully saturated rings. The quantitative estimate of drug-likeness (QED) is 0.863. The Hall–Kier alpha value is -0.920. The molecule has 0 aromatic carbocycles.